The molecule has 166 valence electrons. The standard InChI is InChI=1S/C23H27F3N4O/c1-15-27-20-8-3-2-7-19(20)22(28-15)30-11-9-18(10-12-30)29-21(31)14-16-5-4-6-17(13-16)23(24,25)26/h4-6,13,18H,2-3,7-12,14H2,1H3,(H,29,31). The van der Waals surface area contributed by atoms with Crippen molar-refractivity contribution in [3.8, 4) is 0 Å². The quantitative estimate of drug-likeness (QED) is 0.793. The number of nitrogens with zero attached hydrogens (tertiary/aromatic N) is 3. The summed E-state index contributed by atoms with van der Waals surface area (Å²) in [7, 11) is 0. The van der Waals surface area contributed by atoms with Crippen molar-refractivity contribution in [2.45, 2.75) is 64.1 Å². The van der Waals surface area contributed by atoms with Crippen molar-refractivity contribution in [1.29, 1.82) is 0 Å². The average molecular weight is 432 g/mol. The Morgan fingerprint density at radius 1 is 1.16 bits per heavy atom. The highest BCUT2D eigenvalue weighted by molar-refractivity contribution is 5.79. The summed E-state index contributed by atoms with van der Waals surface area (Å²) in [6, 6.07) is 4.98. The van der Waals surface area contributed by atoms with Gasteiger partial charge in [-0.25, -0.2) is 9.97 Å². The molecule has 0 unspecified atom stereocenters. The molecule has 8 heteroatoms. The molecule has 2 aromatic rings. The highest BCUT2D eigenvalue weighted by Gasteiger charge is 2.30. The van der Waals surface area contributed by atoms with Crippen molar-refractivity contribution in [1.82, 2.24) is 15.3 Å². The number of carbonyl (C=O) groups excluding carboxylic acids is 1. The summed E-state index contributed by atoms with van der Waals surface area (Å²) in [5.74, 6) is 1.59. The normalized spacial score (nSPS) is 17.4. The van der Waals surface area contributed by atoms with Gasteiger partial charge >= 0.3 is 6.18 Å². The van der Waals surface area contributed by atoms with Crippen LogP contribution < -0.4 is 10.2 Å². The van der Waals surface area contributed by atoms with E-state index in [0.717, 1.165) is 69.0 Å². The lowest BCUT2D eigenvalue weighted by molar-refractivity contribution is -0.137. The topological polar surface area (TPSA) is 58.1 Å². The maximum atomic E-state index is 12.9. The number of piperidine rings is 1. The van der Waals surface area contributed by atoms with Crippen LogP contribution in [0.3, 0.4) is 0 Å². The molecule has 1 aliphatic carbocycles. The Morgan fingerprint density at radius 2 is 1.90 bits per heavy atom. The molecule has 1 fully saturated rings. The van der Waals surface area contributed by atoms with E-state index in [2.05, 4.69) is 15.2 Å². The summed E-state index contributed by atoms with van der Waals surface area (Å²) < 4.78 is 38.6. The summed E-state index contributed by atoms with van der Waals surface area (Å²) in [5, 5.41) is 2.99. The van der Waals surface area contributed by atoms with Gasteiger partial charge in [-0.1, -0.05) is 18.2 Å². The van der Waals surface area contributed by atoms with Gasteiger partial charge in [0.15, 0.2) is 0 Å². The molecule has 0 saturated carbocycles. The summed E-state index contributed by atoms with van der Waals surface area (Å²) in [5.41, 5.74) is 2.08. The number of benzene rings is 1. The van der Waals surface area contributed by atoms with Crippen LogP contribution in [-0.2, 0) is 30.2 Å². The number of amides is 1. The molecular formula is C23H27F3N4O. The van der Waals surface area contributed by atoms with E-state index in [1.807, 2.05) is 6.92 Å². The van der Waals surface area contributed by atoms with Gasteiger partial charge in [-0.05, 0) is 57.1 Å². The first kappa shape index (κ1) is 21.6. The van der Waals surface area contributed by atoms with Gasteiger partial charge in [-0.15, -0.1) is 0 Å². The molecular weight excluding hydrogens is 405 g/mol. The maximum Gasteiger partial charge on any atom is 0.416 e. The molecule has 1 saturated heterocycles. The Labute approximate surface area is 180 Å². The van der Waals surface area contributed by atoms with Gasteiger partial charge in [0.2, 0.25) is 5.91 Å². The molecule has 5 nitrogen and oxygen atoms in total. The van der Waals surface area contributed by atoms with E-state index in [1.165, 1.54) is 23.7 Å². The zero-order valence-corrected chi connectivity index (χ0v) is 17.6. The first-order valence-corrected chi connectivity index (χ1v) is 10.9. The van der Waals surface area contributed by atoms with Gasteiger partial charge in [-0.2, -0.15) is 13.2 Å². The highest BCUT2D eigenvalue weighted by Crippen LogP contribution is 2.31. The van der Waals surface area contributed by atoms with Crippen LogP contribution in [-0.4, -0.2) is 35.0 Å². The van der Waals surface area contributed by atoms with Gasteiger partial charge in [0.25, 0.3) is 0 Å². The number of nitrogens with one attached hydrogen (secondary N) is 1. The lowest BCUT2D eigenvalue weighted by Gasteiger charge is -2.35. The highest BCUT2D eigenvalue weighted by atomic mass is 19.4. The zero-order valence-electron chi connectivity index (χ0n) is 17.6. The van der Waals surface area contributed by atoms with Crippen molar-refractivity contribution in [3.63, 3.8) is 0 Å². The first-order chi connectivity index (χ1) is 14.8. The summed E-state index contributed by atoms with van der Waals surface area (Å²) in [6.07, 6.45) is 1.46. The third-order valence-electron chi connectivity index (χ3n) is 6.05. The maximum absolute atomic E-state index is 12.9. The Balaban J connectivity index is 1.34. The minimum absolute atomic E-state index is 0.0216. The zero-order chi connectivity index (χ0) is 22.0. The van der Waals surface area contributed by atoms with Gasteiger partial charge in [0.05, 0.1) is 12.0 Å². The molecule has 0 bridgehead atoms. The van der Waals surface area contributed by atoms with Crippen LogP contribution in [0.4, 0.5) is 19.0 Å². The first-order valence-electron chi connectivity index (χ1n) is 10.9. The molecule has 0 atom stereocenters. The van der Waals surface area contributed by atoms with Crippen LogP contribution >= 0.6 is 0 Å². The van der Waals surface area contributed by atoms with Crippen LogP contribution in [0.15, 0.2) is 24.3 Å². The molecule has 1 aromatic heterocycles. The number of fused-ring (bicyclic) bond motifs is 1. The molecule has 0 radical (unpaired) electrons. The third kappa shape index (κ3) is 5.17. The number of halogens is 3. The van der Waals surface area contributed by atoms with Crippen LogP contribution in [0, 0.1) is 6.92 Å². The van der Waals surface area contributed by atoms with Crippen LogP contribution in [0.25, 0.3) is 0 Å². The Morgan fingerprint density at radius 3 is 2.65 bits per heavy atom. The van der Waals surface area contributed by atoms with Gasteiger partial charge in [-0.3, -0.25) is 4.79 Å². The van der Waals surface area contributed by atoms with E-state index in [0.29, 0.717) is 5.56 Å². The monoisotopic (exact) mass is 432 g/mol. The number of hydrogen-bond acceptors (Lipinski definition) is 4. The molecule has 2 heterocycles. The number of hydrogen-bond donors (Lipinski definition) is 1. The molecule has 0 spiro atoms. The van der Waals surface area contributed by atoms with Gasteiger partial charge in [0, 0.05) is 30.4 Å². The van der Waals surface area contributed by atoms with E-state index in [-0.39, 0.29) is 18.4 Å². The molecule has 31 heavy (non-hydrogen) atoms. The molecule has 1 amide bonds. The van der Waals surface area contributed by atoms with Crippen molar-refractivity contribution < 1.29 is 18.0 Å². The van der Waals surface area contributed by atoms with E-state index >= 15 is 0 Å². The molecule has 4 rings (SSSR count). The fourth-order valence-corrected chi connectivity index (χ4v) is 4.51. The fourth-order valence-electron chi connectivity index (χ4n) is 4.51. The largest absolute Gasteiger partial charge is 0.416 e. The summed E-state index contributed by atoms with van der Waals surface area (Å²) in [6.45, 7) is 3.51. The number of rotatable bonds is 4. The minimum Gasteiger partial charge on any atom is -0.356 e. The lowest BCUT2D eigenvalue weighted by Crippen LogP contribution is -2.45. The lowest BCUT2D eigenvalue weighted by atomic mass is 9.95. The third-order valence-corrected chi connectivity index (χ3v) is 6.05. The SMILES string of the molecule is Cc1nc2c(c(N3CCC(NC(=O)Cc4cccc(C(F)(F)F)c4)CC3)n1)CCCC2. The van der Waals surface area contributed by atoms with Crippen LogP contribution in [0.2, 0.25) is 0 Å². The van der Waals surface area contributed by atoms with E-state index in [4.69, 9.17) is 4.98 Å². The van der Waals surface area contributed by atoms with Crippen molar-refractivity contribution in [2.24, 2.45) is 0 Å². The van der Waals surface area contributed by atoms with Crippen LogP contribution in [0.5, 0.6) is 0 Å². The van der Waals surface area contributed by atoms with E-state index in [1.54, 1.807) is 6.07 Å². The van der Waals surface area contributed by atoms with Crippen molar-refractivity contribution >= 4 is 11.7 Å². The van der Waals surface area contributed by atoms with Crippen molar-refractivity contribution in [3.05, 3.63) is 52.5 Å². The molecule has 1 aromatic carbocycles. The summed E-state index contributed by atoms with van der Waals surface area (Å²) >= 11 is 0. The average Bonchev–Trinajstić information content (AvgIpc) is 2.73. The predicted molar refractivity (Wildman–Crippen MR) is 112 cm³/mol. The second kappa shape index (κ2) is 8.85. The van der Waals surface area contributed by atoms with Crippen molar-refractivity contribution in [2.75, 3.05) is 18.0 Å². The fraction of sp³-hybridized carbons (Fsp3) is 0.522. The smallest absolute Gasteiger partial charge is 0.356 e. The Bertz CT molecular complexity index is 952. The van der Waals surface area contributed by atoms with E-state index in [9.17, 15) is 18.0 Å². The summed E-state index contributed by atoms with van der Waals surface area (Å²) in [4.78, 5) is 24.0. The molecule has 1 aliphatic heterocycles. The second-order valence-corrected chi connectivity index (χ2v) is 8.43. The minimum atomic E-state index is -4.40. The molecule has 1 N–H and O–H groups in total. The number of aryl methyl sites for hydroxylation is 2. The molecule has 2 aliphatic rings. The predicted octanol–water partition coefficient (Wildman–Crippen LogP) is 4.01. The van der Waals surface area contributed by atoms with Gasteiger partial charge < -0.3 is 10.2 Å². The Hall–Kier alpha value is -2.64. The van der Waals surface area contributed by atoms with E-state index < -0.39 is 11.7 Å². The van der Waals surface area contributed by atoms with Gasteiger partial charge in [0.1, 0.15) is 11.6 Å². The number of aromatic nitrogens is 2. The Kier molecular flexibility index (Phi) is 6.16. The number of alkyl halides is 3. The van der Waals surface area contributed by atoms with Crippen LogP contribution in [0.1, 0.15) is 53.9 Å². The number of anilines is 1. The number of carbonyl (C=O) groups is 1. The second-order valence-electron chi connectivity index (χ2n) is 8.43.